The van der Waals surface area contributed by atoms with Crippen LogP contribution < -0.4 is 10.4 Å². The summed E-state index contributed by atoms with van der Waals surface area (Å²) < 4.78 is 6.99. The zero-order valence-corrected chi connectivity index (χ0v) is 14.9. The van der Waals surface area contributed by atoms with Gasteiger partial charge in [0.2, 0.25) is 0 Å². The van der Waals surface area contributed by atoms with Gasteiger partial charge in [0.05, 0.1) is 24.6 Å². The first-order chi connectivity index (χ1) is 13.0. The lowest BCUT2D eigenvalue weighted by atomic mass is 9.64. The number of ketones is 2. The molecule has 1 aliphatic rings. The van der Waals surface area contributed by atoms with Gasteiger partial charge in [0.1, 0.15) is 18.0 Å². The second-order valence-electron chi connectivity index (χ2n) is 6.46. The molecular weight excluding hydrogens is 349 g/mol. The summed E-state index contributed by atoms with van der Waals surface area (Å²) in [5.74, 6) is -0.221. The molecule has 1 aromatic carbocycles. The molecule has 2 aromatic rings. The van der Waals surface area contributed by atoms with Crippen LogP contribution in [-0.2, 0) is 24.3 Å². The van der Waals surface area contributed by atoms with E-state index in [4.69, 9.17) is 10.4 Å². The van der Waals surface area contributed by atoms with E-state index in [0.29, 0.717) is 30.0 Å². The van der Waals surface area contributed by atoms with Crippen LogP contribution in [0.15, 0.2) is 29.4 Å². The van der Waals surface area contributed by atoms with E-state index in [2.05, 4.69) is 15.3 Å². The minimum absolute atomic E-state index is 0.0445. The lowest BCUT2D eigenvalue weighted by molar-refractivity contribution is -0.120. The van der Waals surface area contributed by atoms with Gasteiger partial charge in [0, 0.05) is 12.2 Å². The van der Waals surface area contributed by atoms with E-state index in [1.165, 1.54) is 17.9 Å². The van der Waals surface area contributed by atoms with Crippen molar-refractivity contribution in [2.45, 2.75) is 38.7 Å². The number of fused-ring (bicyclic) bond motifs is 1. The van der Waals surface area contributed by atoms with Gasteiger partial charge in [-0.2, -0.15) is 0 Å². The van der Waals surface area contributed by atoms with Crippen molar-refractivity contribution in [2.24, 2.45) is 10.7 Å². The fraction of sp³-hybridized carbons (Fsp3) is 0.353. The van der Waals surface area contributed by atoms with Gasteiger partial charge >= 0.3 is 7.12 Å². The number of nitrogens with two attached hydrogens (primary N) is 1. The van der Waals surface area contributed by atoms with Crippen LogP contribution in [0.5, 0.6) is 5.75 Å². The molecule has 3 N–H and O–H groups in total. The van der Waals surface area contributed by atoms with Crippen LogP contribution in [0, 0.1) is 0 Å². The van der Waals surface area contributed by atoms with Crippen molar-refractivity contribution in [3.63, 3.8) is 0 Å². The van der Waals surface area contributed by atoms with Crippen molar-refractivity contribution in [3.05, 3.63) is 41.2 Å². The van der Waals surface area contributed by atoms with Gasteiger partial charge in [-0.05, 0) is 25.0 Å². The number of benzene rings is 1. The molecule has 0 radical (unpaired) electrons. The third kappa shape index (κ3) is 4.40. The molecule has 0 bridgehead atoms. The van der Waals surface area contributed by atoms with E-state index in [1.807, 2.05) is 6.07 Å². The molecule has 0 fully saturated rings. The summed E-state index contributed by atoms with van der Waals surface area (Å²) in [7, 11) is -1.15. The Balaban J connectivity index is 1.64. The topological polar surface area (TPSA) is 133 Å². The minimum Gasteiger partial charge on any atom is -0.535 e. The summed E-state index contributed by atoms with van der Waals surface area (Å²) in [6, 6.07) is 5.28. The molecule has 0 spiro atoms. The summed E-state index contributed by atoms with van der Waals surface area (Å²) in [4.78, 5) is 27.9. The van der Waals surface area contributed by atoms with Crippen LogP contribution in [0.1, 0.15) is 35.0 Å². The molecule has 1 atom stereocenters. The van der Waals surface area contributed by atoms with E-state index in [-0.39, 0.29) is 24.5 Å². The highest BCUT2D eigenvalue weighted by Gasteiger charge is 2.37. The second kappa shape index (κ2) is 8.13. The number of rotatable bonds is 7. The van der Waals surface area contributed by atoms with Gasteiger partial charge in [0.15, 0.2) is 11.6 Å². The molecule has 10 heteroatoms. The maximum absolute atomic E-state index is 12.4. The van der Waals surface area contributed by atoms with Gasteiger partial charge in [0.25, 0.3) is 0 Å². The van der Waals surface area contributed by atoms with Crippen LogP contribution in [0.4, 0.5) is 0 Å². The van der Waals surface area contributed by atoms with Crippen molar-refractivity contribution >= 4 is 25.0 Å². The summed E-state index contributed by atoms with van der Waals surface area (Å²) in [6.07, 6.45) is 3.40. The normalized spacial score (nSPS) is 16.2. The predicted octanol–water partition coefficient (Wildman–Crippen LogP) is 0.413. The van der Waals surface area contributed by atoms with Crippen molar-refractivity contribution < 1.29 is 19.3 Å². The third-order valence-corrected chi connectivity index (χ3v) is 4.37. The number of nitrogens with zero attached hydrogens (tertiary/aromatic N) is 4. The second-order valence-corrected chi connectivity index (χ2v) is 6.46. The predicted molar refractivity (Wildman–Crippen MR) is 98.5 cm³/mol. The molecule has 140 valence electrons. The van der Waals surface area contributed by atoms with E-state index in [9.17, 15) is 14.6 Å². The van der Waals surface area contributed by atoms with E-state index < -0.39 is 12.9 Å². The summed E-state index contributed by atoms with van der Waals surface area (Å²) >= 11 is 0. The Bertz CT molecular complexity index is 882. The average molecular weight is 369 g/mol. The molecule has 3 rings (SSSR count). The molecule has 0 aliphatic carbocycles. The molecule has 1 aliphatic heterocycles. The zero-order chi connectivity index (χ0) is 19.4. The molecule has 0 unspecified atom stereocenters. The van der Waals surface area contributed by atoms with E-state index in [0.717, 1.165) is 5.56 Å². The minimum atomic E-state index is -1.15. The van der Waals surface area contributed by atoms with Gasteiger partial charge in [-0.15, -0.1) is 5.10 Å². The van der Waals surface area contributed by atoms with Crippen LogP contribution in [-0.4, -0.2) is 45.0 Å². The lowest BCUT2D eigenvalue weighted by Gasteiger charge is -2.28. The number of para-hydroxylation sites is 1. The quantitative estimate of drug-likeness (QED) is 0.313. The highest BCUT2D eigenvalue weighted by molar-refractivity contribution is 6.47. The van der Waals surface area contributed by atoms with Gasteiger partial charge in [-0.3, -0.25) is 14.6 Å². The number of carbonyl (C=O) groups excluding carboxylic acids is 2. The number of aromatic nitrogens is 3. The van der Waals surface area contributed by atoms with Crippen molar-refractivity contribution in [1.29, 1.82) is 0 Å². The molecular formula is C17H20BN5O4. The van der Waals surface area contributed by atoms with Crippen LogP contribution in [0.3, 0.4) is 0 Å². The smallest absolute Gasteiger partial charge is 0.526 e. The molecule has 0 saturated heterocycles. The summed E-state index contributed by atoms with van der Waals surface area (Å²) in [5, 5.41) is 18.1. The highest BCUT2D eigenvalue weighted by atomic mass is 16.5. The highest BCUT2D eigenvalue weighted by Crippen LogP contribution is 2.36. The largest absolute Gasteiger partial charge is 0.535 e. The van der Waals surface area contributed by atoms with Gasteiger partial charge < -0.3 is 15.4 Å². The number of hydrogen-bond acceptors (Lipinski definition) is 7. The van der Waals surface area contributed by atoms with E-state index in [1.54, 1.807) is 18.3 Å². The first kappa shape index (κ1) is 18.8. The molecule has 1 aromatic heterocycles. The Hall–Kier alpha value is -3.01. The molecule has 0 amide bonds. The summed E-state index contributed by atoms with van der Waals surface area (Å²) in [5.41, 5.74) is 7.04. The van der Waals surface area contributed by atoms with Crippen LogP contribution in [0.25, 0.3) is 0 Å². The molecule has 27 heavy (non-hydrogen) atoms. The van der Waals surface area contributed by atoms with Crippen molar-refractivity contribution in [2.75, 3.05) is 0 Å². The fourth-order valence-corrected chi connectivity index (χ4v) is 3.11. The number of carbonyl (C=O) groups is 2. The average Bonchev–Trinajstić information content (AvgIpc) is 3.07. The van der Waals surface area contributed by atoms with Crippen molar-refractivity contribution in [3.8, 4) is 5.75 Å². The molecule has 2 heterocycles. The fourth-order valence-electron chi connectivity index (χ4n) is 3.11. The van der Waals surface area contributed by atoms with E-state index >= 15 is 0 Å². The first-order valence-corrected chi connectivity index (χ1v) is 8.56. The molecule has 0 saturated carbocycles. The SMILES string of the molecule is CC(=O)c1cccc2c1OB(O)[C@@H](CC(=O)Cn1cc(CN=CN)nn1)C2. The van der Waals surface area contributed by atoms with Gasteiger partial charge in [-0.25, -0.2) is 4.68 Å². The Morgan fingerprint density at radius 1 is 1.52 bits per heavy atom. The monoisotopic (exact) mass is 369 g/mol. The maximum atomic E-state index is 12.4. The number of aliphatic imine (C=N–C) groups is 1. The van der Waals surface area contributed by atoms with Crippen LogP contribution >= 0.6 is 0 Å². The third-order valence-electron chi connectivity index (χ3n) is 4.37. The Morgan fingerprint density at radius 2 is 2.33 bits per heavy atom. The van der Waals surface area contributed by atoms with Crippen LogP contribution in [0.2, 0.25) is 5.82 Å². The standard InChI is InChI=1S/C17H20BN5O4/c1-11(24)16-4-2-3-12-5-13(18(26)27-17(12)16)6-15(25)9-23-8-14(21-22-23)7-20-10-19/h2-4,8,10,13,26H,5-7,9H2,1H3,(H2,19,20)/t13-/m1/s1. The van der Waals surface area contributed by atoms with Crippen molar-refractivity contribution in [1.82, 2.24) is 15.0 Å². The Kier molecular flexibility index (Phi) is 5.65. The maximum Gasteiger partial charge on any atom is 0.526 e. The molecule has 9 nitrogen and oxygen atoms in total. The zero-order valence-electron chi connectivity index (χ0n) is 14.9. The van der Waals surface area contributed by atoms with Gasteiger partial charge in [-0.1, -0.05) is 17.3 Å². The Morgan fingerprint density at radius 3 is 3.07 bits per heavy atom. The Labute approximate surface area is 156 Å². The number of hydrogen-bond donors (Lipinski definition) is 2. The summed E-state index contributed by atoms with van der Waals surface area (Å²) in [6.45, 7) is 1.80. The lowest BCUT2D eigenvalue weighted by Crippen LogP contribution is -2.36. The first-order valence-electron chi connectivity index (χ1n) is 8.56. The number of Topliss-reactive ketones (excluding diaryl/α,β-unsaturated/α-hetero) is 2.